The maximum Gasteiger partial charge on any atom is 0.279 e. The molecular weight excluding hydrogens is 320 g/mol. The Balaban J connectivity index is 1.94. The predicted octanol–water partition coefficient (Wildman–Crippen LogP) is 1.37. The third-order valence-electron chi connectivity index (χ3n) is 3.81. The Bertz CT molecular complexity index is 701. The van der Waals surface area contributed by atoms with Crippen LogP contribution in [-0.2, 0) is 11.3 Å². The first kappa shape index (κ1) is 18.6. The molecular formula is C19H25N2O4+. The molecule has 2 rings (SSSR count). The molecule has 1 unspecified atom stereocenters. The maximum absolute atomic E-state index is 12.3. The van der Waals surface area contributed by atoms with Gasteiger partial charge in [0.05, 0.1) is 34.1 Å². The number of hydrogen-bond donors (Lipinski definition) is 2. The van der Waals surface area contributed by atoms with Crippen molar-refractivity contribution in [2.24, 2.45) is 0 Å². The topological polar surface area (TPSA) is 61.2 Å². The number of rotatable bonds is 8. The van der Waals surface area contributed by atoms with Gasteiger partial charge in [0.15, 0.2) is 6.54 Å². The molecule has 6 heteroatoms. The van der Waals surface area contributed by atoms with Crippen molar-refractivity contribution in [1.82, 2.24) is 0 Å². The molecule has 0 saturated heterocycles. The Kier molecular flexibility index (Phi) is 6.65. The highest BCUT2D eigenvalue weighted by Crippen LogP contribution is 2.28. The smallest absolute Gasteiger partial charge is 0.279 e. The van der Waals surface area contributed by atoms with Crippen LogP contribution in [0.2, 0.25) is 0 Å². The molecule has 0 aliphatic carbocycles. The van der Waals surface area contributed by atoms with Crippen LogP contribution in [0.5, 0.6) is 17.2 Å². The van der Waals surface area contributed by atoms with E-state index in [1.54, 1.807) is 39.5 Å². The standard InChI is InChI=1S/C19H24N2O4/c1-21(12-14-5-7-15(23-2)8-6-14)13-19(22)20-17-11-16(24-3)9-10-18(17)25-4/h5-11H,12-13H2,1-4H3,(H,20,22)/p+1. The molecule has 0 spiro atoms. The lowest BCUT2D eigenvalue weighted by Crippen LogP contribution is -3.08. The highest BCUT2D eigenvalue weighted by atomic mass is 16.5. The highest BCUT2D eigenvalue weighted by Gasteiger charge is 2.14. The molecule has 0 radical (unpaired) electrons. The Morgan fingerprint density at radius 1 is 0.960 bits per heavy atom. The van der Waals surface area contributed by atoms with E-state index in [-0.39, 0.29) is 5.91 Å². The van der Waals surface area contributed by atoms with Gasteiger partial charge in [-0.25, -0.2) is 0 Å². The molecule has 2 aromatic rings. The number of benzene rings is 2. The number of methoxy groups -OCH3 is 3. The van der Waals surface area contributed by atoms with Crippen LogP contribution in [0.1, 0.15) is 5.56 Å². The van der Waals surface area contributed by atoms with E-state index < -0.39 is 0 Å². The van der Waals surface area contributed by atoms with E-state index in [0.717, 1.165) is 22.8 Å². The minimum absolute atomic E-state index is 0.0856. The largest absolute Gasteiger partial charge is 0.497 e. The second-order valence-electron chi connectivity index (χ2n) is 5.77. The summed E-state index contributed by atoms with van der Waals surface area (Å²) < 4.78 is 15.6. The molecule has 2 aromatic carbocycles. The fourth-order valence-electron chi connectivity index (χ4n) is 2.53. The lowest BCUT2D eigenvalue weighted by atomic mass is 10.2. The van der Waals surface area contributed by atoms with E-state index in [2.05, 4.69) is 5.32 Å². The molecule has 0 fully saturated rings. The first-order valence-corrected chi connectivity index (χ1v) is 8.01. The zero-order chi connectivity index (χ0) is 18.2. The molecule has 6 nitrogen and oxygen atoms in total. The monoisotopic (exact) mass is 345 g/mol. The van der Waals surface area contributed by atoms with Crippen LogP contribution in [0.15, 0.2) is 42.5 Å². The van der Waals surface area contributed by atoms with Gasteiger partial charge in [-0.2, -0.15) is 0 Å². The van der Waals surface area contributed by atoms with Gasteiger partial charge in [0.25, 0.3) is 5.91 Å². The number of anilines is 1. The average Bonchev–Trinajstić information content (AvgIpc) is 2.62. The van der Waals surface area contributed by atoms with Gasteiger partial charge in [-0.3, -0.25) is 4.79 Å². The average molecular weight is 345 g/mol. The number of ether oxygens (including phenoxy) is 3. The molecule has 25 heavy (non-hydrogen) atoms. The summed E-state index contributed by atoms with van der Waals surface area (Å²) in [5.74, 6) is 2.00. The minimum Gasteiger partial charge on any atom is -0.497 e. The quantitative estimate of drug-likeness (QED) is 0.759. The van der Waals surface area contributed by atoms with Crippen molar-refractivity contribution >= 4 is 11.6 Å². The van der Waals surface area contributed by atoms with Crippen LogP contribution in [0, 0.1) is 0 Å². The number of carbonyl (C=O) groups excluding carboxylic acids is 1. The Hall–Kier alpha value is -2.73. The van der Waals surface area contributed by atoms with Crippen molar-refractivity contribution in [3.63, 3.8) is 0 Å². The number of carbonyl (C=O) groups is 1. The van der Waals surface area contributed by atoms with E-state index >= 15 is 0 Å². The zero-order valence-electron chi connectivity index (χ0n) is 15.1. The Labute approximate surface area is 148 Å². The number of hydrogen-bond acceptors (Lipinski definition) is 4. The molecule has 0 aliphatic rings. The number of amides is 1. The van der Waals surface area contributed by atoms with Gasteiger partial charge in [0, 0.05) is 11.6 Å². The summed E-state index contributed by atoms with van der Waals surface area (Å²) in [6.07, 6.45) is 0. The molecule has 2 N–H and O–H groups in total. The molecule has 1 atom stereocenters. The summed E-state index contributed by atoms with van der Waals surface area (Å²) in [7, 11) is 6.77. The van der Waals surface area contributed by atoms with E-state index in [4.69, 9.17) is 14.2 Å². The van der Waals surface area contributed by atoms with Crippen LogP contribution >= 0.6 is 0 Å². The third kappa shape index (κ3) is 5.39. The Morgan fingerprint density at radius 3 is 2.20 bits per heavy atom. The molecule has 0 heterocycles. The minimum atomic E-state index is -0.0856. The Morgan fingerprint density at radius 2 is 1.60 bits per heavy atom. The molecule has 0 bridgehead atoms. The van der Waals surface area contributed by atoms with Crippen molar-refractivity contribution in [1.29, 1.82) is 0 Å². The van der Waals surface area contributed by atoms with E-state index in [1.807, 2.05) is 31.3 Å². The third-order valence-corrected chi connectivity index (χ3v) is 3.81. The van der Waals surface area contributed by atoms with Crippen LogP contribution in [0.25, 0.3) is 0 Å². The van der Waals surface area contributed by atoms with E-state index in [0.29, 0.717) is 23.7 Å². The summed E-state index contributed by atoms with van der Waals surface area (Å²) in [4.78, 5) is 13.4. The summed E-state index contributed by atoms with van der Waals surface area (Å²) >= 11 is 0. The van der Waals surface area contributed by atoms with Gasteiger partial charge in [-0.15, -0.1) is 0 Å². The van der Waals surface area contributed by atoms with Gasteiger partial charge in [-0.1, -0.05) is 0 Å². The van der Waals surface area contributed by atoms with Gasteiger partial charge < -0.3 is 24.4 Å². The summed E-state index contributed by atoms with van der Waals surface area (Å²) in [5.41, 5.74) is 1.74. The highest BCUT2D eigenvalue weighted by molar-refractivity contribution is 5.93. The number of likely N-dealkylation sites (N-methyl/N-ethyl adjacent to an activating group) is 1. The summed E-state index contributed by atoms with van der Waals surface area (Å²) in [5, 5.41) is 2.89. The first-order valence-electron chi connectivity index (χ1n) is 8.01. The first-order chi connectivity index (χ1) is 12.0. The van der Waals surface area contributed by atoms with E-state index in [9.17, 15) is 4.79 Å². The SMILES string of the molecule is COc1ccc(C[NH+](C)CC(=O)Nc2cc(OC)ccc2OC)cc1. The lowest BCUT2D eigenvalue weighted by Gasteiger charge is -2.15. The normalized spacial score (nSPS) is 11.5. The van der Waals surface area contributed by atoms with Crippen molar-refractivity contribution in [3.05, 3.63) is 48.0 Å². The van der Waals surface area contributed by atoms with Gasteiger partial charge in [0.2, 0.25) is 0 Å². The number of nitrogens with one attached hydrogen (secondary N) is 2. The van der Waals surface area contributed by atoms with Crippen molar-refractivity contribution in [3.8, 4) is 17.2 Å². The molecule has 0 aromatic heterocycles. The fraction of sp³-hybridized carbons (Fsp3) is 0.316. The number of quaternary nitrogens is 1. The lowest BCUT2D eigenvalue weighted by molar-refractivity contribution is -0.885. The molecule has 1 amide bonds. The van der Waals surface area contributed by atoms with Crippen LogP contribution < -0.4 is 24.4 Å². The second-order valence-corrected chi connectivity index (χ2v) is 5.77. The van der Waals surface area contributed by atoms with Gasteiger partial charge >= 0.3 is 0 Å². The molecule has 0 aliphatic heterocycles. The predicted molar refractivity (Wildman–Crippen MR) is 96.6 cm³/mol. The van der Waals surface area contributed by atoms with Gasteiger partial charge in [-0.05, 0) is 36.4 Å². The maximum atomic E-state index is 12.3. The van der Waals surface area contributed by atoms with Crippen LogP contribution in [0.4, 0.5) is 5.69 Å². The van der Waals surface area contributed by atoms with Crippen molar-refractivity contribution < 1.29 is 23.9 Å². The van der Waals surface area contributed by atoms with E-state index in [1.165, 1.54) is 0 Å². The van der Waals surface area contributed by atoms with Crippen LogP contribution in [-0.4, -0.2) is 40.8 Å². The fourth-order valence-corrected chi connectivity index (χ4v) is 2.53. The molecule has 134 valence electrons. The second kappa shape index (κ2) is 8.94. The van der Waals surface area contributed by atoms with Crippen LogP contribution in [0.3, 0.4) is 0 Å². The molecule has 0 saturated carbocycles. The summed E-state index contributed by atoms with van der Waals surface area (Å²) in [6, 6.07) is 13.2. The zero-order valence-corrected chi connectivity index (χ0v) is 15.1. The van der Waals surface area contributed by atoms with Crippen molar-refractivity contribution in [2.75, 3.05) is 40.2 Å². The summed E-state index contributed by atoms with van der Waals surface area (Å²) in [6.45, 7) is 1.08. The van der Waals surface area contributed by atoms with Crippen molar-refractivity contribution in [2.45, 2.75) is 6.54 Å². The van der Waals surface area contributed by atoms with Gasteiger partial charge in [0.1, 0.15) is 23.8 Å².